The molecule has 0 saturated carbocycles. The molecule has 0 aliphatic heterocycles. The van der Waals surface area contributed by atoms with E-state index >= 15 is 0 Å². The third-order valence-electron chi connectivity index (χ3n) is 3.99. The van der Waals surface area contributed by atoms with Crippen molar-refractivity contribution in [2.75, 3.05) is 17.7 Å². The van der Waals surface area contributed by atoms with Crippen molar-refractivity contribution in [1.29, 1.82) is 0 Å². The van der Waals surface area contributed by atoms with Crippen LogP contribution >= 0.6 is 23.1 Å². The molecule has 0 saturated heterocycles. The summed E-state index contributed by atoms with van der Waals surface area (Å²) in [6, 6.07) is 0. The summed E-state index contributed by atoms with van der Waals surface area (Å²) >= 11 is 2.23. The minimum absolute atomic E-state index is 0.0800. The number of carbonyl (C=O) groups excluding carboxylic acids is 3. The highest BCUT2D eigenvalue weighted by molar-refractivity contribution is 7.99. The number of carbonyl (C=O) groups is 3. The zero-order chi connectivity index (χ0) is 21.6. The first-order chi connectivity index (χ1) is 13.8. The largest absolute Gasteiger partial charge is 0.462 e. The van der Waals surface area contributed by atoms with Crippen LogP contribution in [0, 0.1) is 6.92 Å². The molecule has 0 unspecified atom stereocenters. The predicted molar refractivity (Wildman–Crippen MR) is 113 cm³/mol. The van der Waals surface area contributed by atoms with Crippen molar-refractivity contribution in [3.05, 3.63) is 21.8 Å². The SMILES string of the molecule is CCCn1c(CC)nnc1SCC(=O)Nc1sc(C(N)=O)c(C)c1C(=O)OCC. The number of amides is 2. The number of nitrogens with two attached hydrogens (primary N) is 1. The topological polar surface area (TPSA) is 129 Å². The Morgan fingerprint density at radius 2 is 1.97 bits per heavy atom. The van der Waals surface area contributed by atoms with Crippen LogP contribution in [-0.2, 0) is 22.5 Å². The third kappa shape index (κ3) is 5.36. The van der Waals surface area contributed by atoms with Gasteiger partial charge in [-0.1, -0.05) is 25.6 Å². The molecule has 0 aliphatic carbocycles. The number of anilines is 1. The van der Waals surface area contributed by atoms with Gasteiger partial charge in [0.1, 0.15) is 10.8 Å². The standard InChI is InChI=1S/C18H25N5O4S2/c1-5-8-23-11(6-2)21-22-18(23)28-9-12(24)20-16-13(17(26)27-7-3)10(4)14(29-16)15(19)25/h5-9H2,1-4H3,(H2,19,25)(H,20,24). The van der Waals surface area contributed by atoms with Gasteiger partial charge in [0.05, 0.1) is 22.8 Å². The summed E-state index contributed by atoms with van der Waals surface area (Å²) in [7, 11) is 0. The van der Waals surface area contributed by atoms with E-state index in [0.717, 1.165) is 36.5 Å². The molecule has 9 nitrogen and oxygen atoms in total. The van der Waals surface area contributed by atoms with Crippen molar-refractivity contribution in [3.63, 3.8) is 0 Å². The molecule has 2 heterocycles. The molecule has 2 aromatic rings. The van der Waals surface area contributed by atoms with Gasteiger partial charge in [0.2, 0.25) is 5.91 Å². The average Bonchev–Trinajstić information content (AvgIpc) is 3.21. The number of hydrogen-bond donors (Lipinski definition) is 2. The lowest BCUT2D eigenvalue weighted by atomic mass is 10.1. The number of hydrogen-bond acceptors (Lipinski definition) is 8. The van der Waals surface area contributed by atoms with Gasteiger partial charge in [0.25, 0.3) is 5.91 Å². The lowest BCUT2D eigenvalue weighted by Gasteiger charge is -2.08. The van der Waals surface area contributed by atoms with Crippen molar-refractivity contribution in [2.24, 2.45) is 5.73 Å². The molecule has 0 spiro atoms. The minimum Gasteiger partial charge on any atom is -0.462 e. The smallest absolute Gasteiger partial charge is 0.341 e. The van der Waals surface area contributed by atoms with Crippen LogP contribution in [0.3, 0.4) is 0 Å². The zero-order valence-corrected chi connectivity index (χ0v) is 18.5. The minimum atomic E-state index is -0.660. The van der Waals surface area contributed by atoms with E-state index in [-0.39, 0.29) is 33.7 Å². The number of thioether (sulfide) groups is 1. The maximum atomic E-state index is 12.5. The molecule has 0 atom stereocenters. The number of esters is 1. The third-order valence-corrected chi connectivity index (χ3v) is 6.18. The number of aromatic nitrogens is 3. The average molecular weight is 440 g/mol. The van der Waals surface area contributed by atoms with Gasteiger partial charge in [-0.25, -0.2) is 4.79 Å². The first kappa shape index (κ1) is 22.9. The monoisotopic (exact) mass is 439 g/mol. The molecule has 0 aliphatic rings. The Morgan fingerprint density at radius 1 is 1.24 bits per heavy atom. The van der Waals surface area contributed by atoms with Crippen molar-refractivity contribution < 1.29 is 19.1 Å². The summed E-state index contributed by atoms with van der Waals surface area (Å²) in [4.78, 5) is 36.6. The number of thiophene rings is 1. The molecule has 2 rings (SSSR count). The lowest BCUT2D eigenvalue weighted by Crippen LogP contribution is -2.17. The fourth-order valence-electron chi connectivity index (χ4n) is 2.71. The van der Waals surface area contributed by atoms with E-state index in [0.29, 0.717) is 10.7 Å². The first-order valence-corrected chi connectivity index (χ1v) is 11.1. The maximum absolute atomic E-state index is 12.5. The first-order valence-electron chi connectivity index (χ1n) is 9.28. The molecule has 29 heavy (non-hydrogen) atoms. The fraction of sp³-hybridized carbons (Fsp3) is 0.500. The van der Waals surface area contributed by atoms with Gasteiger partial charge in [0, 0.05) is 13.0 Å². The summed E-state index contributed by atoms with van der Waals surface area (Å²) in [5, 5.41) is 11.9. The van der Waals surface area contributed by atoms with Crippen LogP contribution in [0.1, 0.15) is 58.6 Å². The molecular formula is C18H25N5O4S2. The van der Waals surface area contributed by atoms with Crippen LogP contribution in [-0.4, -0.2) is 44.9 Å². The molecule has 0 radical (unpaired) electrons. The molecule has 2 amide bonds. The van der Waals surface area contributed by atoms with Gasteiger partial charge >= 0.3 is 5.97 Å². The van der Waals surface area contributed by atoms with Gasteiger partial charge in [-0.2, -0.15) is 0 Å². The Balaban J connectivity index is 2.17. The molecule has 3 N–H and O–H groups in total. The highest BCUT2D eigenvalue weighted by Gasteiger charge is 2.25. The summed E-state index contributed by atoms with van der Waals surface area (Å²) in [6.45, 7) is 8.30. The summed E-state index contributed by atoms with van der Waals surface area (Å²) < 4.78 is 7.05. The maximum Gasteiger partial charge on any atom is 0.341 e. The van der Waals surface area contributed by atoms with Crippen LogP contribution in [0.4, 0.5) is 5.00 Å². The van der Waals surface area contributed by atoms with E-state index in [4.69, 9.17) is 10.5 Å². The zero-order valence-electron chi connectivity index (χ0n) is 16.9. The predicted octanol–water partition coefficient (Wildman–Crippen LogP) is 2.63. The van der Waals surface area contributed by atoms with Crippen molar-refractivity contribution in [3.8, 4) is 0 Å². The number of primary amides is 1. The number of nitrogens with zero attached hydrogens (tertiary/aromatic N) is 3. The number of ether oxygens (including phenoxy) is 1. The summed E-state index contributed by atoms with van der Waals surface area (Å²) in [6.07, 6.45) is 1.69. The fourth-order valence-corrected chi connectivity index (χ4v) is 4.56. The van der Waals surface area contributed by atoms with Crippen molar-refractivity contribution >= 4 is 45.9 Å². The Hall–Kier alpha value is -2.40. The van der Waals surface area contributed by atoms with Crippen LogP contribution in [0.5, 0.6) is 0 Å². The molecule has 0 bridgehead atoms. The second-order valence-corrected chi connectivity index (χ2v) is 8.05. The number of rotatable bonds is 10. The molecule has 0 fully saturated rings. The normalized spacial score (nSPS) is 10.8. The molecule has 0 aromatic carbocycles. The lowest BCUT2D eigenvalue weighted by molar-refractivity contribution is -0.113. The van der Waals surface area contributed by atoms with Crippen molar-refractivity contribution in [1.82, 2.24) is 14.8 Å². The summed E-state index contributed by atoms with van der Waals surface area (Å²) in [5.41, 5.74) is 5.94. The highest BCUT2D eigenvalue weighted by Crippen LogP contribution is 2.33. The number of nitrogens with one attached hydrogen (secondary N) is 1. The molecule has 158 valence electrons. The quantitative estimate of drug-likeness (QED) is 0.430. The number of aryl methyl sites for hydroxylation is 1. The summed E-state index contributed by atoms with van der Waals surface area (Å²) in [5.74, 6) is -0.641. The van der Waals surface area contributed by atoms with E-state index in [1.165, 1.54) is 11.8 Å². The van der Waals surface area contributed by atoms with Crippen molar-refractivity contribution in [2.45, 2.75) is 52.2 Å². The highest BCUT2D eigenvalue weighted by atomic mass is 32.2. The van der Waals surface area contributed by atoms with Gasteiger partial charge in [-0.15, -0.1) is 21.5 Å². The second-order valence-electron chi connectivity index (χ2n) is 6.09. The van der Waals surface area contributed by atoms with Gasteiger partial charge < -0.3 is 20.4 Å². The Bertz CT molecular complexity index is 906. The van der Waals surface area contributed by atoms with E-state index in [1.54, 1.807) is 13.8 Å². The van der Waals surface area contributed by atoms with E-state index in [9.17, 15) is 14.4 Å². The van der Waals surface area contributed by atoms with Gasteiger partial charge in [0.15, 0.2) is 5.16 Å². The van der Waals surface area contributed by atoms with Gasteiger partial charge in [-0.3, -0.25) is 9.59 Å². The Kier molecular flexibility index (Phi) is 8.21. The Labute approximate surface area is 177 Å². The molecule has 11 heteroatoms. The second kappa shape index (κ2) is 10.4. The van der Waals surface area contributed by atoms with Crippen LogP contribution < -0.4 is 11.1 Å². The molecule has 2 aromatic heterocycles. The van der Waals surface area contributed by atoms with Gasteiger partial charge in [-0.05, 0) is 25.8 Å². The van der Waals surface area contributed by atoms with Crippen LogP contribution in [0.2, 0.25) is 0 Å². The van der Waals surface area contributed by atoms with Crippen LogP contribution in [0.15, 0.2) is 5.16 Å². The van der Waals surface area contributed by atoms with E-state index in [1.807, 2.05) is 11.5 Å². The van der Waals surface area contributed by atoms with E-state index in [2.05, 4.69) is 22.4 Å². The molecular weight excluding hydrogens is 414 g/mol. The van der Waals surface area contributed by atoms with E-state index < -0.39 is 11.9 Å². The Morgan fingerprint density at radius 3 is 2.55 bits per heavy atom. The van der Waals surface area contributed by atoms with Crippen LogP contribution in [0.25, 0.3) is 0 Å².